The Hall–Kier alpha value is -3.96. The molecule has 0 fully saturated rings. The lowest BCUT2D eigenvalue weighted by molar-refractivity contribution is 0.399. The molecule has 0 saturated heterocycles. The van der Waals surface area contributed by atoms with Crippen LogP contribution in [0.25, 0.3) is 26.7 Å². The molecule has 13 nitrogen and oxygen atoms in total. The van der Waals surface area contributed by atoms with E-state index in [1.54, 1.807) is 31.2 Å². The predicted octanol–water partition coefficient (Wildman–Crippen LogP) is 4.44. The maximum absolute atomic E-state index is 11.9. The standard InChI is InChI=1S/C22H18N6O7S3/c1-11-18(25-26-22-24-14-7-9-16(35-2)20(19(14)36-22)38(32,33)34)21(23)28(27-11)15-8-10-17(37(29,30)31)13-6-4-3-5-12(13)15/h3-10H,23H2,1-2H3,(H,29,30,31)(H,32,33,34)/b26-25+. The highest BCUT2D eigenvalue weighted by atomic mass is 32.2. The fourth-order valence-corrected chi connectivity index (χ4v) is 6.69. The van der Waals surface area contributed by atoms with Gasteiger partial charge in [0.2, 0.25) is 5.13 Å². The van der Waals surface area contributed by atoms with Crippen LogP contribution in [0, 0.1) is 6.92 Å². The van der Waals surface area contributed by atoms with E-state index in [-0.39, 0.29) is 42.9 Å². The summed E-state index contributed by atoms with van der Waals surface area (Å²) < 4.78 is 73.4. The highest BCUT2D eigenvalue weighted by Crippen LogP contribution is 2.40. The first-order chi connectivity index (χ1) is 17.9. The van der Waals surface area contributed by atoms with Crippen molar-refractivity contribution in [1.29, 1.82) is 0 Å². The second-order valence-corrected chi connectivity index (χ2v) is 11.7. The molecule has 0 spiro atoms. The summed E-state index contributed by atoms with van der Waals surface area (Å²) in [4.78, 5) is 3.58. The molecule has 0 atom stereocenters. The third-order valence-corrected chi connectivity index (χ3v) is 8.54. The largest absolute Gasteiger partial charge is 0.495 e. The summed E-state index contributed by atoms with van der Waals surface area (Å²) >= 11 is 0.881. The number of ether oxygens (including phenoxy) is 1. The molecule has 0 aliphatic rings. The molecule has 2 heterocycles. The number of nitrogens with two attached hydrogens (primary N) is 1. The van der Waals surface area contributed by atoms with Gasteiger partial charge in [-0.15, -0.1) is 10.2 Å². The van der Waals surface area contributed by atoms with E-state index < -0.39 is 25.1 Å². The van der Waals surface area contributed by atoms with Gasteiger partial charge in [0, 0.05) is 10.8 Å². The lowest BCUT2D eigenvalue weighted by atomic mass is 10.1. The zero-order valence-electron chi connectivity index (χ0n) is 19.6. The van der Waals surface area contributed by atoms with E-state index in [0.717, 1.165) is 11.3 Å². The van der Waals surface area contributed by atoms with Crippen LogP contribution in [0.3, 0.4) is 0 Å². The maximum Gasteiger partial charge on any atom is 0.299 e. The molecule has 2 aromatic heterocycles. The Morgan fingerprint density at radius 1 is 0.974 bits per heavy atom. The zero-order valence-corrected chi connectivity index (χ0v) is 22.0. The van der Waals surface area contributed by atoms with Gasteiger partial charge in [0.1, 0.15) is 10.6 Å². The average molecular weight is 575 g/mol. The molecule has 4 N–H and O–H groups in total. The molecule has 16 heteroatoms. The summed E-state index contributed by atoms with van der Waals surface area (Å²) in [6.07, 6.45) is 0. The molecule has 5 rings (SSSR count). The summed E-state index contributed by atoms with van der Waals surface area (Å²) in [7, 11) is -7.80. The number of hydrogen-bond donors (Lipinski definition) is 3. The number of hydrogen-bond acceptors (Lipinski definition) is 11. The van der Waals surface area contributed by atoms with E-state index in [2.05, 4.69) is 20.3 Å². The van der Waals surface area contributed by atoms with Crippen LogP contribution in [0.4, 0.5) is 16.6 Å². The molecular formula is C22H18N6O7S3. The Bertz CT molecular complexity index is 2000. The molecular weight excluding hydrogens is 556 g/mol. The van der Waals surface area contributed by atoms with Crippen molar-refractivity contribution < 1.29 is 30.7 Å². The van der Waals surface area contributed by atoms with Gasteiger partial charge in [-0.2, -0.15) is 21.9 Å². The number of nitrogen functional groups attached to an aromatic ring is 1. The number of azo groups is 1. The first kappa shape index (κ1) is 25.7. The van der Waals surface area contributed by atoms with Crippen molar-refractivity contribution >= 4 is 69.2 Å². The SMILES string of the molecule is COc1ccc2nc(/N=N/c3c(C)nn(-c4ccc(S(=O)(=O)O)c5ccccc45)c3N)sc2c1S(=O)(=O)O. The van der Waals surface area contributed by atoms with Gasteiger partial charge in [-0.3, -0.25) is 9.11 Å². The number of fused-ring (bicyclic) bond motifs is 2. The molecule has 0 unspecified atom stereocenters. The van der Waals surface area contributed by atoms with E-state index in [9.17, 15) is 25.9 Å². The summed E-state index contributed by atoms with van der Waals surface area (Å²) in [5, 5.41) is 13.5. The van der Waals surface area contributed by atoms with E-state index in [0.29, 0.717) is 16.8 Å². The number of nitrogens with zero attached hydrogens (tertiary/aromatic N) is 5. The van der Waals surface area contributed by atoms with Crippen LogP contribution in [0.5, 0.6) is 5.75 Å². The third kappa shape index (κ3) is 4.37. The fraction of sp³-hybridized carbons (Fsp3) is 0.0909. The van der Waals surface area contributed by atoms with Crippen molar-refractivity contribution in [2.45, 2.75) is 16.7 Å². The Kier molecular flexibility index (Phi) is 6.15. The van der Waals surface area contributed by atoms with Crippen LogP contribution < -0.4 is 10.5 Å². The zero-order chi connectivity index (χ0) is 27.4. The van der Waals surface area contributed by atoms with Crippen molar-refractivity contribution in [3.8, 4) is 11.4 Å². The minimum atomic E-state index is -4.61. The molecule has 38 heavy (non-hydrogen) atoms. The van der Waals surface area contributed by atoms with Gasteiger partial charge in [-0.05, 0) is 31.2 Å². The van der Waals surface area contributed by atoms with Crippen molar-refractivity contribution in [3.05, 3.63) is 54.2 Å². The number of benzene rings is 3. The van der Waals surface area contributed by atoms with Crippen LogP contribution in [-0.4, -0.2) is 47.8 Å². The monoisotopic (exact) mass is 574 g/mol. The number of aryl methyl sites for hydroxylation is 1. The van der Waals surface area contributed by atoms with Crippen LogP contribution in [-0.2, 0) is 20.2 Å². The smallest absolute Gasteiger partial charge is 0.299 e. The topological polar surface area (TPSA) is 199 Å². The van der Waals surface area contributed by atoms with Crippen molar-refractivity contribution in [2.24, 2.45) is 10.2 Å². The Morgan fingerprint density at radius 2 is 1.68 bits per heavy atom. The van der Waals surface area contributed by atoms with E-state index in [1.807, 2.05) is 0 Å². The molecule has 0 radical (unpaired) electrons. The van der Waals surface area contributed by atoms with E-state index in [4.69, 9.17) is 10.5 Å². The average Bonchev–Trinajstić information content (AvgIpc) is 3.39. The predicted molar refractivity (Wildman–Crippen MR) is 140 cm³/mol. The minimum Gasteiger partial charge on any atom is -0.495 e. The first-order valence-corrected chi connectivity index (χ1v) is 14.3. The second kappa shape index (κ2) is 9.10. The Balaban J connectivity index is 1.60. The summed E-state index contributed by atoms with van der Waals surface area (Å²) in [6.45, 7) is 1.65. The molecule has 0 amide bonds. The van der Waals surface area contributed by atoms with Gasteiger partial charge in [0.05, 0.1) is 28.7 Å². The third-order valence-electron chi connectivity index (χ3n) is 5.61. The molecule has 5 aromatic rings. The summed E-state index contributed by atoms with van der Waals surface area (Å²) in [5.74, 6) is 0.0539. The summed E-state index contributed by atoms with van der Waals surface area (Å²) in [6, 6.07) is 12.2. The lowest BCUT2D eigenvalue weighted by Crippen LogP contribution is -2.05. The van der Waals surface area contributed by atoms with Crippen molar-refractivity contribution in [3.63, 3.8) is 0 Å². The fourth-order valence-electron chi connectivity index (χ4n) is 3.99. The number of anilines is 1. The number of aromatic nitrogens is 3. The van der Waals surface area contributed by atoms with Gasteiger partial charge < -0.3 is 10.5 Å². The lowest BCUT2D eigenvalue weighted by Gasteiger charge is -2.11. The summed E-state index contributed by atoms with van der Waals surface area (Å²) in [5.41, 5.74) is 7.66. The Morgan fingerprint density at radius 3 is 2.34 bits per heavy atom. The Labute approximate surface area is 219 Å². The molecule has 0 saturated carbocycles. The second-order valence-electron chi connectivity index (χ2n) is 7.95. The van der Waals surface area contributed by atoms with Crippen LogP contribution >= 0.6 is 11.3 Å². The molecule has 0 bridgehead atoms. The molecule has 196 valence electrons. The molecule has 3 aromatic carbocycles. The van der Waals surface area contributed by atoms with Gasteiger partial charge in [0.25, 0.3) is 20.2 Å². The van der Waals surface area contributed by atoms with Gasteiger partial charge >= 0.3 is 0 Å². The van der Waals surface area contributed by atoms with E-state index in [1.165, 1.54) is 36.1 Å². The van der Waals surface area contributed by atoms with Gasteiger partial charge in [-0.25, -0.2) is 9.67 Å². The van der Waals surface area contributed by atoms with Crippen LogP contribution in [0.1, 0.15) is 5.69 Å². The van der Waals surface area contributed by atoms with Gasteiger partial charge in [0.15, 0.2) is 16.4 Å². The quantitative estimate of drug-likeness (QED) is 0.192. The van der Waals surface area contributed by atoms with E-state index >= 15 is 0 Å². The van der Waals surface area contributed by atoms with Crippen molar-refractivity contribution in [1.82, 2.24) is 14.8 Å². The first-order valence-electron chi connectivity index (χ1n) is 10.6. The molecule has 0 aliphatic carbocycles. The molecule has 0 aliphatic heterocycles. The number of thiazole rings is 1. The van der Waals surface area contributed by atoms with Crippen LogP contribution in [0.2, 0.25) is 0 Å². The van der Waals surface area contributed by atoms with Crippen LogP contribution in [0.15, 0.2) is 68.6 Å². The van der Waals surface area contributed by atoms with Crippen molar-refractivity contribution in [2.75, 3.05) is 12.8 Å². The van der Waals surface area contributed by atoms with Gasteiger partial charge in [-0.1, -0.05) is 35.6 Å². The highest BCUT2D eigenvalue weighted by Gasteiger charge is 2.24. The normalized spacial score (nSPS) is 12.6. The number of methoxy groups -OCH3 is 1. The minimum absolute atomic E-state index is 0.0410. The number of rotatable bonds is 6. The maximum atomic E-state index is 11.9. The highest BCUT2D eigenvalue weighted by molar-refractivity contribution is 7.86.